The fourth-order valence-electron chi connectivity index (χ4n) is 3.24. The molecule has 0 saturated heterocycles. The number of carbonyl (C=O) groups is 1. The molecule has 0 aliphatic heterocycles. The van der Waals surface area contributed by atoms with Gasteiger partial charge in [0, 0.05) is 12.7 Å². The molecule has 1 aliphatic carbocycles. The van der Waals surface area contributed by atoms with Gasteiger partial charge in [-0.1, -0.05) is 6.92 Å². The number of aromatic nitrogens is 2. The molecule has 0 unspecified atom stereocenters. The first-order chi connectivity index (χ1) is 10.5. The minimum atomic E-state index is 0.0786. The van der Waals surface area contributed by atoms with Crippen LogP contribution in [0.4, 0.5) is 0 Å². The second kappa shape index (κ2) is 5.88. The zero-order chi connectivity index (χ0) is 15.9. The first kappa shape index (κ1) is 15.3. The van der Waals surface area contributed by atoms with E-state index >= 15 is 0 Å². The number of carbonyl (C=O) groups excluding carboxylic acids is 1. The topological polar surface area (TPSA) is 49.0 Å². The minimum absolute atomic E-state index is 0.0786. The van der Waals surface area contributed by atoms with E-state index in [9.17, 15) is 4.79 Å². The molecule has 1 amide bonds. The summed E-state index contributed by atoms with van der Waals surface area (Å²) in [6, 6.07) is 2.19. The molecule has 0 saturated carbocycles. The molecule has 1 aliphatic rings. The Balaban J connectivity index is 1.90. The van der Waals surface area contributed by atoms with Crippen molar-refractivity contribution in [1.29, 1.82) is 0 Å². The molecule has 2 aromatic heterocycles. The van der Waals surface area contributed by atoms with E-state index in [2.05, 4.69) is 11.9 Å². The standard InChI is InChI=1S/C17H23N3OS/c1-5-14-19-12-7-6-8-13(16(12)22-14)20(4)17(21)15-10(2)9-11(3)18-15/h9,13,18H,5-8H2,1-4H3/t13-/m1/s1. The van der Waals surface area contributed by atoms with Crippen molar-refractivity contribution in [2.45, 2.75) is 52.5 Å². The molecule has 3 rings (SSSR count). The highest BCUT2D eigenvalue weighted by Gasteiger charge is 2.31. The third-order valence-electron chi connectivity index (χ3n) is 4.42. The molecule has 0 fully saturated rings. The Bertz CT molecular complexity index is 701. The Morgan fingerprint density at radius 2 is 2.27 bits per heavy atom. The highest BCUT2D eigenvalue weighted by molar-refractivity contribution is 7.11. The van der Waals surface area contributed by atoms with Crippen molar-refractivity contribution in [3.05, 3.63) is 38.6 Å². The van der Waals surface area contributed by atoms with Crippen molar-refractivity contribution < 1.29 is 4.79 Å². The summed E-state index contributed by atoms with van der Waals surface area (Å²) in [5.41, 5.74) is 3.97. The predicted octanol–water partition coefficient (Wildman–Crippen LogP) is 3.80. The van der Waals surface area contributed by atoms with Crippen molar-refractivity contribution in [2.24, 2.45) is 0 Å². The van der Waals surface area contributed by atoms with Crippen LogP contribution < -0.4 is 0 Å². The highest BCUT2D eigenvalue weighted by atomic mass is 32.1. The van der Waals surface area contributed by atoms with Gasteiger partial charge < -0.3 is 9.88 Å². The zero-order valence-electron chi connectivity index (χ0n) is 13.7. The SMILES string of the molecule is CCc1nc2c(s1)[C@H](N(C)C(=O)c1[nH]c(C)cc1C)CCC2. The second-order valence-electron chi connectivity index (χ2n) is 6.11. The summed E-state index contributed by atoms with van der Waals surface area (Å²) in [5.74, 6) is 0.0786. The zero-order valence-corrected chi connectivity index (χ0v) is 14.5. The van der Waals surface area contributed by atoms with E-state index in [1.54, 1.807) is 11.3 Å². The minimum Gasteiger partial charge on any atom is -0.354 e. The fourth-order valence-corrected chi connectivity index (χ4v) is 4.47. The van der Waals surface area contributed by atoms with Crippen LogP contribution in [0.5, 0.6) is 0 Å². The fraction of sp³-hybridized carbons (Fsp3) is 0.529. The van der Waals surface area contributed by atoms with Crippen LogP contribution in [-0.4, -0.2) is 27.8 Å². The molecule has 5 heteroatoms. The average molecular weight is 317 g/mol. The summed E-state index contributed by atoms with van der Waals surface area (Å²) in [6.07, 6.45) is 4.15. The van der Waals surface area contributed by atoms with Gasteiger partial charge in [-0.25, -0.2) is 4.98 Å². The lowest BCUT2D eigenvalue weighted by Gasteiger charge is -2.30. The third-order valence-corrected chi connectivity index (χ3v) is 5.76. The maximum absolute atomic E-state index is 12.8. The third kappa shape index (κ3) is 2.58. The number of amides is 1. The molecular formula is C17H23N3OS. The van der Waals surface area contributed by atoms with Gasteiger partial charge >= 0.3 is 0 Å². The first-order valence-electron chi connectivity index (χ1n) is 7.93. The van der Waals surface area contributed by atoms with E-state index in [-0.39, 0.29) is 11.9 Å². The lowest BCUT2D eigenvalue weighted by atomic mass is 9.96. The molecular weight excluding hydrogens is 294 g/mol. The molecule has 0 aromatic carbocycles. The monoisotopic (exact) mass is 317 g/mol. The predicted molar refractivity (Wildman–Crippen MR) is 89.5 cm³/mol. The van der Waals surface area contributed by atoms with Crippen LogP contribution in [0.1, 0.15) is 63.1 Å². The Hall–Kier alpha value is -1.62. The number of nitrogens with one attached hydrogen (secondary N) is 1. The van der Waals surface area contributed by atoms with Gasteiger partial charge in [-0.05, 0) is 51.2 Å². The normalized spacial score (nSPS) is 17.4. The largest absolute Gasteiger partial charge is 0.354 e. The Kier molecular flexibility index (Phi) is 4.08. The Morgan fingerprint density at radius 1 is 1.50 bits per heavy atom. The van der Waals surface area contributed by atoms with E-state index < -0.39 is 0 Å². The smallest absolute Gasteiger partial charge is 0.270 e. The van der Waals surface area contributed by atoms with Gasteiger partial charge in [-0.15, -0.1) is 11.3 Å². The number of nitrogens with zero attached hydrogens (tertiary/aromatic N) is 2. The number of thiazole rings is 1. The van der Waals surface area contributed by atoms with Crippen LogP contribution in [0.25, 0.3) is 0 Å². The number of aryl methyl sites for hydroxylation is 4. The van der Waals surface area contributed by atoms with Crippen LogP contribution in [0.3, 0.4) is 0 Å². The van der Waals surface area contributed by atoms with Crippen molar-refractivity contribution in [3.8, 4) is 0 Å². The van der Waals surface area contributed by atoms with Crippen LogP contribution in [0.15, 0.2) is 6.07 Å². The van der Waals surface area contributed by atoms with Crippen molar-refractivity contribution in [2.75, 3.05) is 7.05 Å². The molecule has 22 heavy (non-hydrogen) atoms. The quantitative estimate of drug-likeness (QED) is 0.936. The first-order valence-corrected chi connectivity index (χ1v) is 8.74. The maximum Gasteiger partial charge on any atom is 0.270 e. The van der Waals surface area contributed by atoms with Gasteiger partial charge in [0.2, 0.25) is 0 Å². The summed E-state index contributed by atoms with van der Waals surface area (Å²) in [7, 11) is 1.92. The molecule has 2 aromatic rings. The van der Waals surface area contributed by atoms with Gasteiger partial charge in [-0.2, -0.15) is 0 Å². The lowest BCUT2D eigenvalue weighted by Crippen LogP contribution is -2.33. The molecule has 1 N–H and O–H groups in total. The van der Waals surface area contributed by atoms with Crippen molar-refractivity contribution in [1.82, 2.24) is 14.9 Å². The van der Waals surface area contributed by atoms with E-state index in [0.717, 1.165) is 36.9 Å². The van der Waals surface area contributed by atoms with E-state index in [0.29, 0.717) is 5.69 Å². The molecule has 1 atom stereocenters. The Morgan fingerprint density at radius 3 is 2.91 bits per heavy atom. The van der Waals surface area contributed by atoms with Crippen molar-refractivity contribution >= 4 is 17.2 Å². The second-order valence-corrected chi connectivity index (χ2v) is 7.22. The van der Waals surface area contributed by atoms with E-state index in [1.807, 2.05) is 31.9 Å². The number of fused-ring (bicyclic) bond motifs is 1. The van der Waals surface area contributed by atoms with Crippen LogP contribution in [-0.2, 0) is 12.8 Å². The van der Waals surface area contributed by atoms with Gasteiger partial charge in [0.15, 0.2) is 0 Å². The van der Waals surface area contributed by atoms with Gasteiger partial charge in [0.05, 0.1) is 21.6 Å². The van der Waals surface area contributed by atoms with Crippen LogP contribution in [0, 0.1) is 13.8 Å². The summed E-state index contributed by atoms with van der Waals surface area (Å²) in [6.45, 7) is 6.11. The molecule has 4 nitrogen and oxygen atoms in total. The molecule has 118 valence electrons. The molecule has 0 bridgehead atoms. The van der Waals surface area contributed by atoms with Crippen LogP contribution >= 0.6 is 11.3 Å². The average Bonchev–Trinajstić information content (AvgIpc) is 3.07. The summed E-state index contributed by atoms with van der Waals surface area (Å²) < 4.78 is 0. The molecule has 0 radical (unpaired) electrons. The van der Waals surface area contributed by atoms with Gasteiger partial charge in [0.25, 0.3) is 5.91 Å². The summed E-state index contributed by atoms with van der Waals surface area (Å²) in [4.78, 5) is 24.0. The lowest BCUT2D eigenvalue weighted by molar-refractivity contribution is 0.0712. The van der Waals surface area contributed by atoms with E-state index in [1.165, 1.54) is 15.6 Å². The summed E-state index contributed by atoms with van der Waals surface area (Å²) in [5, 5.41) is 1.18. The number of rotatable bonds is 3. The van der Waals surface area contributed by atoms with Gasteiger partial charge in [0.1, 0.15) is 5.69 Å². The number of H-pyrrole nitrogens is 1. The summed E-state index contributed by atoms with van der Waals surface area (Å²) >= 11 is 1.78. The van der Waals surface area contributed by atoms with Crippen molar-refractivity contribution in [3.63, 3.8) is 0 Å². The number of aromatic amines is 1. The highest BCUT2D eigenvalue weighted by Crippen LogP contribution is 2.38. The van der Waals surface area contributed by atoms with E-state index in [4.69, 9.17) is 4.98 Å². The number of hydrogen-bond donors (Lipinski definition) is 1. The molecule has 2 heterocycles. The molecule has 0 spiro atoms. The number of hydrogen-bond acceptors (Lipinski definition) is 3. The van der Waals surface area contributed by atoms with Crippen LogP contribution in [0.2, 0.25) is 0 Å². The Labute approximate surface area is 135 Å². The van der Waals surface area contributed by atoms with Gasteiger partial charge in [-0.3, -0.25) is 4.79 Å². The maximum atomic E-state index is 12.8.